The summed E-state index contributed by atoms with van der Waals surface area (Å²) in [4.78, 5) is 32.3. The summed E-state index contributed by atoms with van der Waals surface area (Å²) >= 11 is 0. The quantitative estimate of drug-likeness (QED) is 0.464. The van der Waals surface area contributed by atoms with E-state index in [2.05, 4.69) is 15.3 Å². The van der Waals surface area contributed by atoms with Gasteiger partial charge in [-0.3, -0.25) is 15.1 Å². The van der Waals surface area contributed by atoms with Crippen molar-refractivity contribution in [3.8, 4) is 11.4 Å². The van der Waals surface area contributed by atoms with Crippen molar-refractivity contribution in [1.29, 1.82) is 0 Å². The fourth-order valence-corrected chi connectivity index (χ4v) is 3.79. The standard InChI is InChI=1S/C19H19FN6O5/c1-24-14-2-3-15(26(29)30)17(25-6-7-31-10-11(25)8-22-19(27)28)16(14)23-18(24)12-4-5-21-9-13(12)20/h2-5,9,11,22H,6-8,10H2,1H3,(H,27,28). The number of imidazole rings is 1. The second kappa shape index (κ2) is 8.14. The second-order valence-electron chi connectivity index (χ2n) is 7.02. The van der Waals surface area contributed by atoms with E-state index in [0.29, 0.717) is 30.0 Å². The summed E-state index contributed by atoms with van der Waals surface area (Å²) in [5.41, 5.74) is 1.19. The van der Waals surface area contributed by atoms with E-state index >= 15 is 0 Å². The van der Waals surface area contributed by atoms with Gasteiger partial charge in [0.1, 0.15) is 17.0 Å². The molecule has 1 aliphatic rings. The second-order valence-corrected chi connectivity index (χ2v) is 7.02. The molecule has 1 unspecified atom stereocenters. The number of benzene rings is 1. The van der Waals surface area contributed by atoms with E-state index in [1.54, 1.807) is 22.6 Å². The third-order valence-electron chi connectivity index (χ3n) is 5.22. The minimum atomic E-state index is -1.20. The molecule has 12 heteroatoms. The summed E-state index contributed by atoms with van der Waals surface area (Å²) in [5, 5.41) is 23.1. The number of amides is 1. The molecular weight excluding hydrogens is 411 g/mol. The van der Waals surface area contributed by atoms with E-state index < -0.39 is 22.9 Å². The lowest BCUT2D eigenvalue weighted by Crippen LogP contribution is -2.51. The molecule has 1 fully saturated rings. The Hall–Kier alpha value is -3.80. The molecule has 1 atom stereocenters. The minimum absolute atomic E-state index is 0.0154. The number of morpholine rings is 1. The Kier molecular flexibility index (Phi) is 5.38. The van der Waals surface area contributed by atoms with E-state index in [4.69, 9.17) is 9.84 Å². The number of anilines is 1. The van der Waals surface area contributed by atoms with E-state index in [-0.39, 0.29) is 30.1 Å². The van der Waals surface area contributed by atoms with E-state index in [0.717, 1.165) is 6.20 Å². The van der Waals surface area contributed by atoms with Crippen molar-refractivity contribution < 1.29 is 24.0 Å². The lowest BCUT2D eigenvalue weighted by atomic mass is 10.1. The number of nitro benzene ring substituents is 1. The van der Waals surface area contributed by atoms with Crippen LogP contribution in [0.5, 0.6) is 0 Å². The van der Waals surface area contributed by atoms with Crippen LogP contribution in [0.25, 0.3) is 22.4 Å². The predicted octanol–water partition coefficient (Wildman–Crippen LogP) is 2.16. The Morgan fingerprint density at radius 1 is 1.45 bits per heavy atom. The van der Waals surface area contributed by atoms with Crippen molar-refractivity contribution in [1.82, 2.24) is 19.9 Å². The number of nitrogens with zero attached hydrogens (tertiary/aromatic N) is 5. The van der Waals surface area contributed by atoms with Crippen molar-refractivity contribution in [2.75, 3.05) is 31.2 Å². The summed E-state index contributed by atoms with van der Waals surface area (Å²) in [6.45, 7) is 0.825. The van der Waals surface area contributed by atoms with Crippen LogP contribution in [0, 0.1) is 15.9 Å². The molecule has 0 bridgehead atoms. The lowest BCUT2D eigenvalue weighted by molar-refractivity contribution is -0.384. The van der Waals surface area contributed by atoms with E-state index in [1.165, 1.54) is 18.3 Å². The van der Waals surface area contributed by atoms with E-state index in [9.17, 15) is 19.3 Å². The number of fused-ring (bicyclic) bond motifs is 1. The zero-order valence-corrected chi connectivity index (χ0v) is 16.5. The number of rotatable bonds is 5. The predicted molar refractivity (Wildman–Crippen MR) is 109 cm³/mol. The Balaban J connectivity index is 1.91. The van der Waals surface area contributed by atoms with Crippen LogP contribution in [-0.4, -0.2) is 63.0 Å². The number of halogens is 1. The number of carbonyl (C=O) groups is 1. The first-order valence-corrected chi connectivity index (χ1v) is 9.43. The highest BCUT2D eigenvalue weighted by molar-refractivity contribution is 5.96. The number of pyridine rings is 1. The molecule has 2 N–H and O–H groups in total. The van der Waals surface area contributed by atoms with Gasteiger partial charge in [-0.25, -0.2) is 14.2 Å². The van der Waals surface area contributed by atoms with Gasteiger partial charge in [-0.15, -0.1) is 0 Å². The molecular formula is C19H19FN6O5. The van der Waals surface area contributed by atoms with Gasteiger partial charge in [-0.1, -0.05) is 0 Å². The van der Waals surface area contributed by atoms with Crippen LogP contribution in [0.15, 0.2) is 30.6 Å². The summed E-state index contributed by atoms with van der Waals surface area (Å²) in [6.07, 6.45) is 1.32. The highest BCUT2D eigenvalue weighted by Gasteiger charge is 2.32. The van der Waals surface area contributed by atoms with Crippen molar-refractivity contribution >= 4 is 28.5 Å². The van der Waals surface area contributed by atoms with Gasteiger partial charge in [0, 0.05) is 32.4 Å². The van der Waals surface area contributed by atoms with Crippen molar-refractivity contribution in [3.05, 3.63) is 46.5 Å². The molecule has 1 saturated heterocycles. The molecule has 162 valence electrons. The number of carboxylic acid groups (broad SMARTS) is 1. The van der Waals surface area contributed by atoms with Gasteiger partial charge in [0.15, 0.2) is 5.82 Å². The zero-order valence-electron chi connectivity index (χ0n) is 16.5. The monoisotopic (exact) mass is 430 g/mol. The third kappa shape index (κ3) is 3.72. The first kappa shape index (κ1) is 20.5. The average molecular weight is 430 g/mol. The SMILES string of the molecule is Cn1c(-c2ccncc2F)nc2c(N3CCOCC3CNC(=O)O)c([N+](=O)[O-])ccc21. The van der Waals surface area contributed by atoms with Gasteiger partial charge < -0.3 is 24.6 Å². The number of aryl methyl sites for hydroxylation is 1. The molecule has 2 aromatic heterocycles. The summed E-state index contributed by atoms with van der Waals surface area (Å²) in [6, 6.07) is 3.96. The maximum Gasteiger partial charge on any atom is 0.404 e. The minimum Gasteiger partial charge on any atom is -0.465 e. The normalized spacial score (nSPS) is 16.5. The molecule has 0 spiro atoms. The van der Waals surface area contributed by atoms with Gasteiger partial charge in [0.2, 0.25) is 0 Å². The zero-order chi connectivity index (χ0) is 22.1. The van der Waals surface area contributed by atoms with Crippen LogP contribution < -0.4 is 10.2 Å². The first-order valence-electron chi connectivity index (χ1n) is 9.43. The van der Waals surface area contributed by atoms with Crippen molar-refractivity contribution in [2.24, 2.45) is 7.05 Å². The Morgan fingerprint density at radius 2 is 2.26 bits per heavy atom. The van der Waals surface area contributed by atoms with Gasteiger partial charge in [0.25, 0.3) is 5.69 Å². The Bertz CT molecular complexity index is 1170. The molecule has 3 heterocycles. The number of hydrogen-bond acceptors (Lipinski definition) is 7. The number of hydrogen-bond donors (Lipinski definition) is 2. The number of nitro groups is 1. The first-order chi connectivity index (χ1) is 14.9. The topological polar surface area (TPSA) is 136 Å². The number of nitrogens with one attached hydrogen (secondary N) is 1. The third-order valence-corrected chi connectivity index (χ3v) is 5.22. The van der Waals surface area contributed by atoms with Crippen molar-refractivity contribution in [2.45, 2.75) is 6.04 Å². The fraction of sp³-hybridized carbons (Fsp3) is 0.316. The van der Waals surface area contributed by atoms with Gasteiger partial charge >= 0.3 is 6.09 Å². The molecule has 4 rings (SSSR count). The van der Waals surface area contributed by atoms with Crippen LogP contribution in [0.4, 0.5) is 20.6 Å². The largest absolute Gasteiger partial charge is 0.465 e. The van der Waals surface area contributed by atoms with Gasteiger partial charge in [-0.05, 0) is 12.1 Å². The van der Waals surface area contributed by atoms with Crippen LogP contribution >= 0.6 is 0 Å². The van der Waals surface area contributed by atoms with Gasteiger partial charge in [-0.2, -0.15) is 0 Å². The van der Waals surface area contributed by atoms with Gasteiger partial charge in [0.05, 0.1) is 41.5 Å². The van der Waals surface area contributed by atoms with Crippen LogP contribution in [0.1, 0.15) is 0 Å². The molecule has 31 heavy (non-hydrogen) atoms. The smallest absolute Gasteiger partial charge is 0.404 e. The maximum absolute atomic E-state index is 14.4. The van der Waals surface area contributed by atoms with Crippen LogP contribution in [-0.2, 0) is 11.8 Å². The Labute approximate surface area is 175 Å². The van der Waals surface area contributed by atoms with Crippen LogP contribution in [0.2, 0.25) is 0 Å². The maximum atomic E-state index is 14.4. The van der Waals surface area contributed by atoms with Crippen LogP contribution in [0.3, 0.4) is 0 Å². The van der Waals surface area contributed by atoms with Crippen molar-refractivity contribution in [3.63, 3.8) is 0 Å². The molecule has 3 aromatic rings. The molecule has 1 amide bonds. The molecule has 11 nitrogen and oxygen atoms in total. The Morgan fingerprint density at radius 3 is 2.97 bits per heavy atom. The number of aromatic nitrogens is 3. The molecule has 0 saturated carbocycles. The summed E-state index contributed by atoms with van der Waals surface area (Å²) in [7, 11) is 1.70. The highest BCUT2D eigenvalue weighted by Crippen LogP contribution is 2.39. The highest BCUT2D eigenvalue weighted by atomic mass is 19.1. The lowest BCUT2D eigenvalue weighted by Gasteiger charge is -2.36. The molecule has 0 radical (unpaired) electrons. The summed E-state index contributed by atoms with van der Waals surface area (Å²) in [5.74, 6) is -0.267. The molecule has 1 aromatic carbocycles. The average Bonchev–Trinajstić information content (AvgIpc) is 3.08. The van der Waals surface area contributed by atoms with E-state index in [1.807, 2.05) is 0 Å². The number of ether oxygens (including phenoxy) is 1. The fourth-order valence-electron chi connectivity index (χ4n) is 3.79. The molecule has 0 aliphatic carbocycles. The summed E-state index contributed by atoms with van der Waals surface area (Å²) < 4.78 is 21.5. The molecule has 1 aliphatic heterocycles.